The number of carbonyl (C=O) groups is 2. The molecule has 0 fully saturated rings. The van der Waals surface area contributed by atoms with E-state index in [9.17, 15) is 19.0 Å². The van der Waals surface area contributed by atoms with Gasteiger partial charge in [-0.3, -0.25) is 18.6 Å². The highest BCUT2D eigenvalue weighted by Gasteiger charge is 2.27. The Balaban J connectivity index is 4.20. The van der Waals surface area contributed by atoms with E-state index in [4.69, 9.17) is 29.4 Å². The number of allylic oxidation sites excluding steroid dienone is 6. The highest BCUT2D eigenvalue weighted by molar-refractivity contribution is 7.47. The standard InChI is InChI=1S/C47H88NO9P/c1-3-5-7-9-11-13-15-17-19-21-22-23-25-27-29-31-33-35-37-39-46(49)57-44(42-55-58(52,53)56-43-45(48)47(50)51)41-54-40-38-36-34-32-30-28-26-24-20-18-16-14-12-10-8-6-4-2/h11,13,17,19-20,24,44-45H,3-10,12,14-16,18,21-23,25-43,48H2,1-2H3,(H,50,51)(H,52,53)/b13-11-,19-17-,24-20-. The van der Waals surface area contributed by atoms with Crippen LogP contribution in [0.4, 0.5) is 0 Å². The molecule has 0 aromatic heterocycles. The Morgan fingerprint density at radius 2 is 0.948 bits per heavy atom. The number of unbranched alkanes of at least 4 members (excludes halogenated alkanes) is 25. The minimum Gasteiger partial charge on any atom is -0.480 e. The molecule has 0 rings (SSSR count). The molecule has 58 heavy (non-hydrogen) atoms. The molecule has 3 atom stereocenters. The summed E-state index contributed by atoms with van der Waals surface area (Å²) in [6.45, 7) is 3.86. The lowest BCUT2D eigenvalue weighted by atomic mass is 10.1. The normalized spacial score (nSPS) is 14.1. The molecule has 4 N–H and O–H groups in total. The van der Waals surface area contributed by atoms with Gasteiger partial charge in [-0.15, -0.1) is 0 Å². The van der Waals surface area contributed by atoms with Crippen molar-refractivity contribution < 1.29 is 42.7 Å². The van der Waals surface area contributed by atoms with Crippen molar-refractivity contribution >= 4 is 19.8 Å². The van der Waals surface area contributed by atoms with E-state index in [2.05, 4.69) is 50.3 Å². The summed E-state index contributed by atoms with van der Waals surface area (Å²) in [6, 6.07) is -1.47. The molecule has 0 saturated heterocycles. The van der Waals surface area contributed by atoms with Crippen LogP contribution in [-0.2, 0) is 32.7 Å². The average Bonchev–Trinajstić information content (AvgIpc) is 3.20. The van der Waals surface area contributed by atoms with Crippen molar-refractivity contribution in [3.05, 3.63) is 36.5 Å². The third kappa shape index (κ3) is 42.3. The van der Waals surface area contributed by atoms with Crippen molar-refractivity contribution in [2.75, 3.05) is 26.4 Å². The van der Waals surface area contributed by atoms with Gasteiger partial charge in [0.25, 0.3) is 0 Å². The van der Waals surface area contributed by atoms with Gasteiger partial charge in [-0.05, 0) is 70.6 Å². The van der Waals surface area contributed by atoms with Crippen LogP contribution in [0.1, 0.15) is 213 Å². The number of aliphatic carboxylic acids is 1. The number of rotatable bonds is 45. The molecular formula is C47H88NO9P. The molecule has 11 heteroatoms. The Morgan fingerprint density at radius 3 is 1.45 bits per heavy atom. The smallest absolute Gasteiger partial charge is 0.472 e. The van der Waals surface area contributed by atoms with Crippen LogP contribution in [0.25, 0.3) is 0 Å². The largest absolute Gasteiger partial charge is 0.480 e. The number of hydrogen-bond donors (Lipinski definition) is 3. The van der Waals surface area contributed by atoms with E-state index >= 15 is 0 Å². The molecule has 0 aliphatic rings. The zero-order valence-corrected chi connectivity index (χ0v) is 38.0. The van der Waals surface area contributed by atoms with Crippen LogP contribution in [0, 0.1) is 0 Å². The zero-order valence-electron chi connectivity index (χ0n) is 37.1. The lowest BCUT2D eigenvalue weighted by Crippen LogP contribution is -2.34. The second kappa shape index (κ2) is 43.3. The monoisotopic (exact) mass is 842 g/mol. The third-order valence-electron chi connectivity index (χ3n) is 10.1. The first-order chi connectivity index (χ1) is 28.2. The van der Waals surface area contributed by atoms with Gasteiger partial charge in [0.05, 0.1) is 19.8 Å². The Bertz CT molecular complexity index is 1070. The zero-order chi connectivity index (χ0) is 42.6. The van der Waals surface area contributed by atoms with Crippen molar-refractivity contribution in [1.29, 1.82) is 0 Å². The van der Waals surface area contributed by atoms with Crippen molar-refractivity contribution in [2.45, 2.75) is 225 Å². The van der Waals surface area contributed by atoms with E-state index in [0.717, 1.165) is 57.8 Å². The summed E-state index contributed by atoms with van der Waals surface area (Å²) in [6.07, 6.45) is 49.0. The lowest BCUT2D eigenvalue weighted by Gasteiger charge is -2.20. The Hall–Kier alpha value is -1.81. The van der Waals surface area contributed by atoms with E-state index in [1.54, 1.807) is 0 Å². The molecule has 0 aliphatic carbocycles. The van der Waals surface area contributed by atoms with Crippen molar-refractivity contribution in [2.24, 2.45) is 5.73 Å². The fraction of sp³-hybridized carbons (Fsp3) is 0.830. The number of nitrogens with two attached hydrogens (primary N) is 1. The number of esters is 1. The summed E-state index contributed by atoms with van der Waals surface area (Å²) >= 11 is 0. The summed E-state index contributed by atoms with van der Waals surface area (Å²) in [5.41, 5.74) is 5.36. The average molecular weight is 842 g/mol. The third-order valence-corrected chi connectivity index (χ3v) is 11.1. The number of phosphoric acid groups is 1. The minimum atomic E-state index is -4.62. The molecule has 340 valence electrons. The van der Waals surface area contributed by atoms with Gasteiger partial charge >= 0.3 is 19.8 Å². The van der Waals surface area contributed by atoms with E-state index < -0.39 is 45.1 Å². The maximum Gasteiger partial charge on any atom is 0.472 e. The number of hydrogen-bond acceptors (Lipinski definition) is 8. The van der Waals surface area contributed by atoms with Crippen molar-refractivity contribution in [3.63, 3.8) is 0 Å². The van der Waals surface area contributed by atoms with Crippen LogP contribution >= 0.6 is 7.82 Å². The molecule has 0 radical (unpaired) electrons. The highest BCUT2D eigenvalue weighted by atomic mass is 31.2. The van der Waals surface area contributed by atoms with Gasteiger partial charge in [-0.1, -0.05) is 172 Å². The Morgan fingerprint density at radius 1 is 0.552 bits per heavy atom. The van der Waals surface area contributed by atoms with Gasteiger partial charge in [0.15, 0.2) is 0 Å². The van der Waals surface area contributed by atoms with Crippen LogP contribution in [-0.4, -0.2) is 60.5 Å². The van der Waals surface area contributed by atoms with Crippen LogP contribution in [0.3, 0.4) is 0 Å². The van der Waals surface area contributed by atoms with E-state index in [0.29, 0.717) is 13.0 Å². The summed E-state index contributed by atoms with van der Waals surface area (Å²) in [4.78, 5) is 33.6. The van der Waals surface area contributed by atoms with E-state index in [1.807, 2.05) is 0 Å². The Labute approximate surface area is 355 Å². The van der Waals surface area contributed by atoms with Gasteiger partial charge in [-0.2, -0.15) is 0 Å². The fourth-order valence-electron chi connectivity index (χ4n) is 6.45. The van der Waals surface area contributed by atoms with Crippen LogP contribution in [0.15, 0.2) is 36.5 Å². The molecule has 0 aromatic rings. The molecule has 10 nitrogen and oxygen atoms in total. The van der Waals surface area contributed by atoms with Gasteiger partial charge < -0.3 is 25.2 Å². The van der Waals surface area contributed by atoms with Crippen LogP contribution in [0.2, 0.25) is 0 Å². The van der Waals surface area contributed by atoms with Gasteiger partial charge in [0.2, 0.25) is 0 Å². The number of carboxylic acids is 1. The topological polar surface area (TPSA) is 155 Å². The number of carbonyl (C=O) groups excluding carboxylic acids is 1. The molecule has 0 aliphatic heterocycles. The molecule has 0 heterocycles. The molecule has 3 unspecified atom stereocenters. The molecule has 0 amide bonds. The maximum absolute atomic E-state index is 12.7. The first-order valence-corrected chi connectivity index (χ1v) is 25.0. The summed E-state index contributed by atoms with van der Waals surface area (Å²) < 4.78 is 33.4. The summed E-state index contributed by atoms with van der Waals surface area (Å²) in [5, 5.41) is 8.91. The van der Waals surface area contributed by atoms with Crippen LogP contribution < -0.4 is 5.73 Å². The molecular weight excluding hydrogens is 753 g/mol. The van der Waals surface area contributed by atoms with Crippen molar-refractivity contribution in [3.8, 4) is 0 Å². The van der Waals surface area contributed by atoms with Gasteiger partial charge in [0.1, 0.15) is 12.1 Å². The maximum atomic E-state index is 12.7. The van der Waals surface area contributed by atoms with E-state index in [1.165, 1.54) is 128 Å². The van der Waals surface area contributed by atoms with E-state index in [-0.39, 0.29) is 13.0 Å². The summed E-state index contributed by atoms with van der Waals surface area (Å²) in [7, 11) is -4.62. The molecule has 0 bridgehead atoms. The highest BCUT2D eigenvalue weighted by Crippen LogP contribution is 2.43. The SMILES string of the molecule is CCCCC/C=C\C/C=C\CCCCCCCCCCCC(=O)OC(COCCCCCCCC/C=C\CCCCCCCCC)COP(=O)(O)OCC(N)C(=O)O. The van der Waals surface area contributed by atoms with Gasteiger partial charge in [-0.25, -0.2) is 4.57 Å². The minimum absolute atomic E-state index is 0.0123. The van der Waals surface area contributed by atoms with Crippen molar-refractivity contribution in [1.82, 2.24) is 0 Å². The quantitative estimate of drug-likeness (QED) is 0.0233. The second-order valence-electron chi connectivity index (χ2n) is 15.9. The number of phosphoric ester groups is 1. The predicted molar refractivity (Wildman–Crippen MR) is 240 cm³/mol. The number of ether oxygens (including phenoxy) is 2. The molecule has 0 spiro atoms. The predicted octanol–water partition coefficient (Wildman–Crippen LogP) is 13.3. The van der Waals surface area contributed by atoms with Gasteiger partial charge in [0, 0.05) is 13.0 Å². The Kier molecular flexibility index (Phi) is 41.9. The molecule has 0 saturated carbocycles. The number of carboxylic acid groups (broad SMARTS) is 1. The summed E-state index contributed by atoms with van der Waals surface area (Å²) in [5.74, 6) is -1.78. The van der Waals surface area contributed by atoms with Crippen LogP contribution in [0.5, 0.6) is 0 Å². The second-order valence-corrected chi connectivity index (χ2v) is 17.3. The molecule has 0 aromatic carbocycles. The first kappa shape index (κ1) is 56.2. The first-order valence-electron chi connectivity index (χ1n) is 23.5. The lowest BCUT2D eigenvalue weighted by molar-refractivity contribution is -0.154. The fourth-order valence-corrected chi connectivity index (χ4v) is 7.23.